The van der Waals surface area contributed by atoms with Gasteiger partial charge in [-0.2, -0.15) is 0 Å². The van der Waals surface area contributed by atoms with E-state index in [1.165, 1.54) is 5.57 Å². The predicted molar refractivity (Wildman–Crippen MR) is 114 cm³/mol. The Labute approximate surface area is 173 Å². The van der Waals surface area contributed by atoms with Crippen LogP contribution in [-0.4, -0.2) is 40.1 Å². The Balaban J connectivity index is 1.48. The second kappa shape index (κ2) is 6.53. The van der Waals surface area contributed by atoms with Gasteiger partial charge < -0.3 is 10.0 Å². The molecule has 1 aliphatic heterocycles. The van der Waals surface area contributed by atoms with Crippen molar-refractivity contribution >= 4 is 12.0 Å². The molecule has 0 saturated heterocycles. The first-order chi connectivity index (χ1) is 13.8. The topological polar surface area (TPSA) is 53.4 Å². The maximum absolute atomic E-state index is 12.2. The predicted octanol–water partition coefficient (Wildman–Crippen LogP) is 4.08. The molecule has 2 heterocycles. The fourth-order valence-corrected chi connectivity index (χ4v) is 7.41. The van der Waals surface area contributed by atoms with Crippen molar-refractivity contribution in [3.63, 3.8) is 0 Å². The van der Waals surface area contributed by atoms with Gasteiger partial charge in [-0.05, 0) is 73.1 Å². The summed E-state index contributed by atoms with van der Waals surface area (Å²) in [6.45, 7) is 4.68. The van der Waals surface area contributed by atoms with Crippen molar-refractivity contribution in [2.45, 2.75) is 58.1 Å². The molecule has 1 amide bonds. The van der Waals surface area contributed by atoms with E-state index in [2.05, 4.69) is 37.0 Å². The van der Waals surface area contributed by atoms with Gasteiger partial charge in [0.1, 0.15) is 0 Å². The first kappa shape index (κ1) is 19.0. The highest BCUT2D eigenvalue weighted by Crippen LogP contribution is 2.64. The molecule has 0 bridgehead atoms. The minimum atomic E-state index is -0.370. The van der Waals surface area contributed by atoms with E-state index in [0.717, 1.165) is 37.7 Å². The number of aromatic nitrogens is 1. The summed E-state index contributed by atoms with van der Waals surface area (Å²) in [6.07, 6.45) is 14.9. The normalized spacial score (nSPS) is 45.1. The summed E-state index contributed by atoms with van der Waals surface area (Å²) in [5.74, 6) is 1.84. The van der Waals surface area contributed by atoms with Crippen molar-refractivity contribution in [2.75, 3.05) is 7.05 Å². The molecule has 4 heteroatoms. The molecule has 29 heavy (non-hydrogen) atoms. The van der Waals surface area contributed by atoms with Gasteiger partial charge in [0.15, 0.2) is 0 Å². The molecule has 3 saturated carbocycles. The Morgan fingerprint density at radius 2 is 2.07 bits per heavy atom. The van der Waals surface area contributed by atoms with Crippen molar-refractivity contribution in [2.24, 2.45) is 28.6 Å². The van der Waals surface area contributed by atoms with Gasteiger partial charge in [-0.1, -0.05) is 32.1 Å². The smallest absolute Gasteiger partial charge is 0.246 e. The second-order valence-electron chi connectivity index (χ2n) is 10.3. The van der Waals surface area contributed by atoms with Crippen LogP contribution in [0.1, 0.15) is 51.5 Å². The summed E-state index contributed by atoms with van der Waals surface area (Å²) in [7, 11) is 1.97. The molecule has 5 rings (SSSR count). The lowest BCUT2D eigenvalue weighted by atomic mass is 9.48. The molecule has 3 aliphatic carbocycles. The fourth-order valence-electron chi connectivity index (χ4n) is 7.41. The maximum atomic E-state index is 12.2. The molecule has 0 spiro atoms. The molecule has 3 fully saturated rings. The first-order valence-electron chi connectivity index (χ1n) is 11.1. The number of likely N-dealkylation sites (N-methyl/N-ethyl adjacent to an activating group) is 1. The van der Waals surface area contributed by atoms with Crippen LogP contribution in [0.15, 0.2) is 42.3 Å². The van der Waals surface area contributed by atoms with E-state index in [1.807, 2.05) is 24.2 Å². The number of carbonyl (C=O) groups excluding carboxylic acids is 1. The largest absolute Gasteiger partial charge is 0.388 e. The van der Waals surface area contributed by atoms with Crippen molar-refractivity contribution in [3.8, 4) is 0 Å². The highest BCUT2D eigenvalue weighted by atomic mass is 16.3. The quantitative estimate of drug-likeness (QED) is 0.784. The summed E-state index contributed by atoms with van der Waals surface area (Å²) in [5.41, 5.74) is 2.25. The third kappa shape index (κ3) is 2.68. The number of amides is 1. The molecular weight excluding hydrogens is 360 g/mol. The number of rotatable bonds is 1. The first-order valence-corrected chi connectivity index (χ1v) is 11.1. The van der Waals surface area contributed by atoms with E-state index in [1.54, 1.807) is 12.3 Å². The highest BCUT2D eigenvalue weighted by Gasteiger charge is 2.61. The van der Waals surface area contributed by atoms with Gasteiger partial charge in [0.2, 0.25) is 5.91 Å². The number of nitrogens with zero attached hydrogens (tertiary/aromatic N) is 2. The minimum absolute atomic E-state index is 0.0431. The van der Waals surface area contributed by atoms with Gasteiger partial charge in [0.05, 0.1) is 6.10 Å². The average molecular weight is 393 g/mol. The minimum Gasteiger partial charge on any atom is -0.388 e. The van der Waals surface area contributed by atoms with Gasteiger partial charge in [-0.25, -0.2) is 0 Å². The van der Waals surface area contributed by atoms with Crippen LogP contribution in [0.2, 0.25) is 0 Å². The average Bonchev–Trinajstić information content (AvgIpc) is 2.97. The molecule has 1 N–H and O–H groups in total. The van der Waals surface area contributed by atoms with Crippen molar-refractivity contribution < 1.29 is 9.90 Å². The molecule has 1 aromatic rings. The van der Waals surface area contributed by atoms with Crippen LogP contribution in [0, 0.1) is 28.6 Å². The van der Waals surface area contributed by atoms with Gasteiger partial charge in [-0.15, -0.1) is 0 Å². The van der Waals surface area contributed by atoms with Crippen LogP contribution in [-0.2, 0) is 4.79 Å². The van der Waals surface area contributed by atoms with Crippen LogP contribution in [0.4, 0.5) is 0 Å². The molecule has 7 atom stereocenters. The van der Waals surface area contributed by atoms with Crippen LogP contribution < -0.4 is 0 Å². The Kier molecular flexibility index (Phi) is 4.29. The zero-order valence-electron chi connectivity index (χ0n) is 17.7. The summed E-state index contributed by atoms with van der Waals surface area (Å²) < 4.78 is 0. The van der Waals surface area contributed by atoms with E-state index in [-0.39, 0.29) is 22.8 Å². The summed E-state index contributed by atoms with van der Waals surface area (Å²) in [5, 5.41) is 11.3. The second-order valence-corrected chi connectivity index (χ2v) is 10.3. The van der Waals surface area contributed by atoms with Gasteiger partial charge in [0, 0.05) is 36.3 Å². The standard InChI is InChI=1S/C25H32N2O2/c1-24-11-9-22(28)27(3)21(24)7-6-18-19(24)8-10-25(2)20(18)14-17(23(25)29)13-16-5-4-12-26-15-16/h4-5,9,11-13,15,18-21,23,29H,6-8,10,14H2,1-3H3/t18-,19-,20+,21?,23?,24-,25+/m1/s1. The number of hydrogen-bond donors (Lipinski definition) is 1. The van der Waals surface area contributed by atoms with Gasteiger partial charge in [-0.3, -0.25) is 9.78 Å². The summed E-state index contributed by atoms with van der Waals surface area (Å²) >= 11 is 0. The van der Waals surface area contributed by atoms with Crippen molar-refractivity contribution in [1.29, 1.82) is 0 Å². The number of fused-ring (bicyclic) bond motifs is 5. The van der Waals surface area contributed by atoms with Crippen LogP contribution in [0.25, 0.3) is 6.08 Å². The third-order valence-electron chi connectivity index (χ3n) is 9.03. The molecule has 1 aromatic heterocycles. The van der Waals surface area contributed by atoms with Crippen LogP contribution in [0.5, 0.6) is 0 Å². The Hall–Kier alpha value is -1.94. The number of aliphatic hydroxyl groups is 1. The fraction of sp³-hybridized carbons (Fsp3) is 0.600. The zero-order valence-corrected chi connectivity index (χ0v) is 17.7. The Morgan fingerprint density at radius 3 is 2.83 bits per heavy atom. The number of aliphatic hydroxyl groups excluding tert-OH is 1. The Bertz CT molecular complexity index is 878. The number of pyridine rings is 1. The molecule has 4 aliphatic rings. The highest BCUT2D eigenvalue weighted by molar-refractivity contribution is 5.89. The maximum Gasteiger partial charge on any atom is 0.246 e. The van der Waals surface area contributed by atoms with E-state index < -0.39 is 0 Å². The van der Waals surface area contributed by atoms with Gasteiger partial charge >= 0.3 is 0 Å². The van der Waals surface area contributed by atoms with E-state index >= 15 is 0 Å². The van der Waals surface area contributed by atoms with Crippen molar-refractivity contribution in [1.82, 2.24) is 9.88 Å². The molecule has 0 radical (unpaired) electrons. The lowest BCUT2D eigenvalue weighted by Crippen LogP contribution is -2.59. The lowest BCUT2D eigenvalue weighted by Gasteiger charge is -2.59. The van der Waals surface area contributed by atoms with Crippen LogP contribution in [0.3, 0.4) is 0 Å². The van der Waals surface area contributed by atoms with E-state index in [4.69, 9.17) is 0 Å². The summed E-state index contributed by atoms with van der Waals surface area (Å²) in [6, 6.07) is 4.32. The molecule has 2 unspecified atom stereocenters. The molecule has 4 nitrogen and oxygen atoms in total. The summed E-state index contributed by atoms with van der Waals surface area (Å²) in [4.78, 5) is 18.4. The SMILES string of the molecule is CN1C(=O)C=C[C@@]2(C)C1CC[C@@H]1[C@H]2CC[C@]2(C)C(O)C(=Cc3cccnc3)C[C@@H]12. The van der Waals surface area contributed by atoms with Crippen LogP contribution >= 0.6 is 0 Å². The lowest BCUT2D eigenvalue weighted by molar-refractivity contribution is -0.140. The molecule has 154 valence electrons. The number of hydrogen-bond acceptors (Lipinski definition) is 3. The van der Waals surface area contributed by atoms with E-state index in [9.17, 15) is 9.90 Å². The van der Waals surface area contributed by atoms with E-state index in [0.29, 0.717) is 23.8 Å². The van der Waals surface area contributed by atoms with Crippen molar-refractivity contribution in [3.05, 3.63) is 47.8 Å². The molecular formula is C25H32N2O2. The van der Waals surface area contributed by atoms with Gasteiger partial charge in [0.25, 0.3) is 0 Å². The molecule has 0 aromatic carbocycles. The monoisotopic (exact) mass is 392 g/mol. The number of carbonyl (C=O) groups is 1. The third-order valence-corrected chi connectivity index (χ3v) is 9.03. The Morgan fingerprint density at radius 1 is 1.24 bits per heavy atom. The zero-order chi connectivity index (χ0) is 20.4.